The summed E-state index contributed by atoms with van der Waals surface area (Å²) in [4.78, 5) is 18.9. The summed E-state index contributed by atoms with van der Waals surface area (Å²) >= 11 is 0. The van der Waals surface area contributed by atoms with Gasteiger partial charge >= 0.3 is 0 Å². The number of anilines is 4. The summed E-state index contributed by atoms with van der Waals surface area (Å²) in [5.41, 5.74) is 0.566. The molecule has 0 radical (unpaired) electrons. The van der Waals surface area contributed by atoms with Gasteiger partial charge in [-0.1, -0.05) is 20.3 Å². The van der Waals surface area contributed by atoms with Crippen LogP contribution in [-0.4, -0.2) is 65.2 Å². The van der Waals surface area contributed by atoms with Crippen molar-refractivity contribution < 1.29 is 9.13 Å². The van der Waals surface area contributed by atoms with Gasteiger partial charge in [-0.15, -0.1) is 0 Å². The topological polar surface area (TPSA) is 78.4 Å². The van der Waals surface area contributed by atoms with Crippen molar-refractivity contribution in [1.29, 1.82) is 0 Å². The third kappa shape index (κ3) is 5.63. The highest BCUT2D eigenvalue weighted by molar-refractivity contribution is 5.57. The highest BCUT2D eigenvalue weighted by Crippen LogP contribution is 2.28. The second-order valence-electron chi connectivity index (χ2n) is 8.84. The van der Waals surface area contributed by atoms with Crippen LogP contribution in [-0.2, 0) is 0 Å². The molecule has 33 heavy (non-hydrogen) atoms. The van der Waals surface area contributed by atoms with E-state index in [-0.39, 0.29) is 5.75 Å². The zero-order chi connectivity index (χ0) is 23.2. The van der Waals surface area contributed by atoms with Crippen molar-refractivity contribution in [3.05, 3.63) is 24.0 Å². The van der Waals surface area contributed by atoms with Gasteiger partial charge in [-0.2, -0.15) is 15.0 Å². The Hall–Kier alpha value is -2.68. The van der Waals surface area contributed by atoms with E-state index >= 15 is 0 Å². The number of likely N-dealkylation sites (N-methyl/N-ethyl adjacent to an activating group) is 1. The van der Waals surface area contributed by atoms with E-state index in [2.05, 4.69) is 39.3 Å². The molecule has 2 fully saturated rings. The van der Waals surface area contributed by atoms with Crippen LogP contribution in [0.25, 0.3) is 0 Å². The van der Waals surface area contributed by atoms with Crippen LogP contribution in [0.1, 0.15) is 52.4 Å². The Morgan fingerprint density at radius 1 is 1.06 bits per heavy atom. The molecule has 1 aromatic heterocycles. The average Bonchev–Trinajstić information content (AvgIpc) is 3.47. The normalized spacial score (nSPS) is 20.9. The van der Waals surface area contributed by atoms with Crippen LogP contribution in [0.15, 0.2) is 18.2 Å². The molecular formula is C24H36FN7O. The van der Waals surface area contributed by atoms with Gasteiger partial charge in [0.05, 0.1) is 7.11 Å². The lowest BCUT2D eigenvalue weighted by atomic mass is 10.1. The molecule has 0 saturated carbocycles. The zero-order valence-corrected chi connectivity index (χ0v) is 20.0. The van der Waals surface area contributed by atoms with E-state index in [1.807, 2.05) is 0 Å². The Balaban J connectivity index is 1.57. The average molecular weight is 458 g/mol. The minimum atomic E-state index is -0.432. The van der Waals surface area contributed by atoms with Crippen molar-refractivity contribution in [3.63, 3.8) is 0 Å². The Kier molecular flexibility index (Phi) is 7.80. The quantitative estimate of drug-likeness (QED) is 0.543. The number of likely N-dealkylation sites (tertiary alicyclic amines) is 1. The number of methoxy groups -OCH3 is 1. The number of nitrogens with zero attached hydrogens (tertiary/aromatic N) is 5. The lowest BCUT2D eigenvalue weighted by molar-refractivity contribution is 0.277. The smallest absolute Gasteiger partial charge is 0.233 e. The van der Waals surface area contributed by atoms with E-state index in [1.165, 1.54) is 26.0 Å². The van der Waals surface area contributed by atoms with Crippen LogP contribution in [0.2, 0.25) is 0 Å². The van der Waals surface area contributed by atoms with Crippen LogP contribution in [0.5, 0.6) is 5.75 Å². The molecule has 180 valence electrons. The molecule has 0 aliphatic carbocycles. The SMILES string of the molecule is CCCC1CCCN1c1nc(NCC2CCCN2CC)nc(Nc2ccc(OC)c(F)c2)n1. The van der Waals surface area contributed by atoms with Gasteiger partial charge in [0.2, 0.25) is 17.8 Å². The fourth-order valence-electron chi connectivity index (χ4n) is 4.99. The van der Waals surface area contributed by atoms with Crippen molar-refractivity contribution in [3.8, 4) is 5.75 Å². The Morgan fingerprint density at radius 2 is 1.85 bits per heavy atom. The standard InChI is InChI=1S/C24H36FN7O/c1-4-8-18-9-7-14-32(18)24-29-22(26-16-19-10-6-13-31(19)5-2)28-23(30-24)27-17-11-12-21(33-3)20(25)15-17/h11-12,15,18-19H,4-10,13-14,16H2,1-3H3,(H2,26,27,28,29,30). The summed E-state index contributed by atoms with van der Waals surface area (Å²) in [7, 11) is 1.45. The minimum absolute atomic E-state index is 0.204. The molecule has 0 bridgehead atoms. The molecule has 2 aromatic rings. The number of benzene rings is 1. The molecule has 0 amide bonds. The molecule has 4 rings (SSSR count). The highest BCUT2D eigenvalue weighted by atomic mass is 19.1. The molecular weight excluding hydrogens is 421 g/mol. The molecule has 2 aliphatic rings. The molecule has 2 unspecified atom stereocenters. The Bertz CT molecular complexity index is 928. The molecule has 8 nitrogen and oxygen atoms in total. The van der Waals surface area contributed by atoms with Gasteiger partial charge in [0, 0.05) is 36.9 Å². The van der Waals surface area contributed by atoms with Crippen LogP contribution >= 0.6 is 0 Å². The van der Waals surface area contributed by atoms with Gasteiger partial charge in [-0.3, -0.25) is 4.90 Å². The Morgan fingerprint density at radius 3 is 2.61 bits per heavy atom. The maximum absolute atomic E-state index is 14.2. The van der Waals surface area contributed by atoms with Crippen molar-refractivity contribution >= 4 is 23.5 Å². The number of hydrogen-bond acceptors (Lipinski definition) is 8. The van der Waals surface area contributed by atoms with Gasteiger partial charge in [-0.25, -0.2) is 4.39 Å². The number of aromatic nitrogens is 3. The first-order valence-electron chi connectivity index (χ1n) is 12.2. The predicted molar refractivity (Wildman–Crippen MR) is 130 cm³/mol. The van der Waals surface area contributed by atoms with Crippen LogP contribution in [0, 0.1) is 5.82 Å². The molecule has 0 spiro atoms. The summed E-state index contributed by atoms with van der Waals surface area (Å²) in [5.74, 6) is 1.42. The summed E-state index contributed by atoms with van der Waals surface area (Å²) < 4.78 is 19.2. The summed E-state index contributed by atoms with van der Waals surface area (Å²) in [5, 5.41) is 6.61. The monoisotopic (exact) mass is 457 g/mol. The van der Waals surface area contributed by atoms with Gasteiger partial charge in [0.1, 0.15) is 0 Å². The van der Waals surface area contributed by atoms with Gasteiger partial charge in [0.25, 0.3) is 0 Å². The first-order valence-corrected chi connectivity index (χ1v) is 12.2. The third-order valence-corrected chi connectivity index (χ3v) is 6.69. The maximum Gasteiger partial charge on any atom is 0.233 e. The van der Waals surface area contributed by atoms with Crippen molar-refractivity contribution in [2.45, 2.75) is 64.5 Å². The maximum atomic E-state index is 14.2. The van der Waals surface area contributed by atoms with E-state index in [0.717, 1.165) is 51.9 Å². The predicted octanol–water partition coefficient (Wildman–Crippen LogP) is 4.43. The second kappa shape index (κ2) is 11.0. The third-order valence-electron chi connectivity index (χ3n) is 6.69. The van der Waals surface area contributed by atoms with Crippen LogP contribution in [0.4, 0.5) is 27.9 Å². The van der Waals surface area contributed by atoms with E-state index in [1.54, 1.807) is 12.1 Å². The number of halogens is 1. The summed E-state index contributed by atoms with van der Waals surface area (Å²) in [6, 6.07) is 5.67. The molecule has 2 saturated heterocycles. The number of ether oxygens (including phenoxy) is 1. The van der Waals surface area contributed by atoms with Crippen molar-refractivity contribution in [2.75, 3.05) is 48.8 Å². The molecule has 2 N–H and O–H groups in total. The minimum Gasteiger partial charge on any atom is -0.494 e. The number of rotatable bonds is 10. The van der Waals surface area contributed by atoms with Crippen LogP contribution in [0.3, 0.4) is 0 Å². The fraction of sp³-hybridized carbons (Fsp3) is 0.625. The van der Waals surface area contributed by atoms with Crippen LogP contribution < -0.4 is 20.3 Å². The first kappa shape index (κ1) is 23.5. The van der Waals surface area contributed by atoms with E-state index < -0.39 is 5.82 Å². The first-order chi connectivity index (χ1) is 16.1. The fourth-order valence-corrected chi connectivity index (χ4v) is 4.99. The van der Waals surface area contributed by atoms with Gasteiger partial charge in [-0.05, 0) is 57.3 Å². The van der Waals surface area contributed by atoms with Crippen molar-refractivity contribution in [1.82, 2.24) is 19.9 Å². The summed E-state index contributed by atoms with van der Waals surface area (Å²) in [6.45, 7) is 8.35. The molecule has 3 heterocycles. The number of nitrogens with one attached hydrogen (secondary N) is 2. The van der Waals surface area contributed by atoms with E-state index in [9.17, 15) is 4.39 Å². The lowest BCUT2D eigenvalue weighted by Gasteiger charge is -2.26. The molecule has 9 heteroatoms. The van der Waals surface area contributed by atoms with Crippen molar-refractivity contribution in [2.24, 2.45) is 0 Å². The molecule has 1 aromatic carbocycles. The summed E-state index contributed by atoms with van der Waals surface area (Å²) in [6.07, 6.45) is 6.95. The lowest BCUT2D eigenvalue weighted by Crippen LogP contribution is -2.35. The second-order valence-corrected chi connectivity index (χ2v) is 8.84. The van der Waals surface area contributed by atoms with Gasteiger partial charge in [0.15, 0.2) is 11.6 Å². The van der Waals surface area contributed by atoms with Gasteiger partial charge < -0.3 is 20.3 Å². The molecule has 2 atom stereocenters. The highest BCUT2D eigenvalue weighted by Gasteiger charge is 2.27. The van der Waals surface area contributed by atoms with E-state index in [4.69, 9.17) is 14.7 Å². The van der Waals surface area contributed by atoms with E-state index in [0.29, 0.717) is 35.6 Å². The Labute approximate surface area is 196 Å². The largest absolute Gasteiger partial charge is 0.494 e. The zero-order valence-electron chi connectivity index (χ0n) is 20.0. The number of hydrogen-bond donors (Lipinski definition) is 2. The molecule has 2 aliphatic heterocycles.